The summed E-state index contributed by atoms with van der Waals surface area (Å²) in [5.74, 6) is -0.378. The van der Waals surface area contributed by atoms with Crippen LogP contribution in [0.1, 0.15) is 21.6 Å². The van der Waals surface area contributed by atoms with E-state index in [0.29, 0.717) is 11.5 Å². The smallest absolute Gasteiger partial charge is 0.276 e. The van der Waals surface area contributed by atoms with Crippen molar-refractivity contribution in [3.63, 3.8) is 0 Å². The number of carbonyl (C=O) groups excluding carboxylic acids is 1. The summed E-state index contributed by atoms with van der Waals surface area (Å²) in [6.45, 7) is 3.85. The highest BCUT2D eigenvalue weighted by Crippen LogP contribution is 2.21. The van der Waals surface area contributed by atoms with Gasteiger partial charge in [-0.05, 0) is 49.2 Å². The SMILES string of the molecule is Cc1cccc(C)c1NC(=O)c1ccc(Nc2ccccc2F)nn1. The minimum atomic E-state index is -0.388. The molecule has 1 aromatic heterocycles. The molecule has 25 heavy (non-hydrogen) atoms. The van der Waals surface area contributed by atoms with Crippen molar-refractivity contribution in [2.24, 2.45) is 0 Å². The Balaban J connectivity index is 1.74. The van der Waals surface area contributed by atoms with Crippen molar-refractivity contribution in [2.45, 2.75) is 13.8 Å². The first-order valence-corrected chi connectivity index (χ1v) is 7.77. The first kappa shape index (κ1) is 16.6. The first-order chi connectivity index (χ1) is 12.0. The molecule has 0 aliphatic heterocycles. The van der Waals surface area contributed by atoms with Gasteiger partial charge in [0.15, 0.2) is 11.5 Å². The van der Waals surface area contributed by atoms with Crippen LogP contribution in [0.25, 0.3) is 0 Å². The highest BCUT2D eigenvalue weighted by Gasteiger charge is 2.12. The number of anilines is 3. The molecule has 0 bridgehead atoms. The molecule has 0 unspecified atom stereocenters. The molecule has 0 fully saturated rings. The molecular formula is C19H17FN4O. The number of hydrogen-bond donors (Lipinski definition) is 2. The lowest BCUT2D eigenvalue weighted by molar-refractivity contribution is 0.102. The summed E-state index contributed by atoms with van der Waals surface area (Å²) in [6, 6.07) is 15.2. The number of hydrogen-bond acceptors (Lipinski definition) is 4. The molecule has 0 saturated carbocycles. The van der Waals surface area contributed by atoms with Crippen LogP contribution in [0, 0.1) is 19.7 Å². The number of carbonyl (C=O) groups is 1. The molecule has 6 heteroatoms. The molecule has 3 rings (SSSR count). The van der Waals surface area contributed by atoms with E-state index in [1.165, 1.54) is 6.07 Å². The lowest BCUT2D eigenvalue weighted by atomic mass is 10.1. The highest BCUT2D eigenvalue weighted by molar-refractivity contribution is 6.03. The molecule has 1 amide bonds. The van der Waals surface area contributed by atoms with Gasteiger partial charge in [-0.25, -0.2) is 4.39 Å². The van der Waals surface area contributed by atoms with Gasteiger partial charge in [-0.1, -0.05) is 30.3 Å². The molecule has 126 valence electrons. The minimum Gasteiger partial charge on any atom is -0.336 e. The third kappa shape index (κ3) is 3.80. The van der Waals surface area contributed by atoms with E-state index in [-0.39, 0.29) is 17.4 Å². The largest absolute Gasteiger partial charge is 0.336 e. The zero-order chi connectivity index (χ0) is 17.8. The lowest BCUT2D eigenvalue weighted by Crippen LogP contribution is -2.16. The monoisotopic (exact) mass is 336 g/mol. The summed E-state index contributed by atoms with van der Waals surface area (Å²) >= 11 is 0. The van der Waals surface area contributed by atoms with Gasteiger partial charge in [-0.15, -0.1) is 10.2 Å². The molecule has 1 heterocycles. The van der Waals surface area contributed by atoms with Crippen LogP contribution in [0.15, 0.2) is 54.6 Å². The third-order valence-corrected chi connectivity index (χ3v) is 3.75. The number of rotatable bonds is 4. The van der Waals surface area contributed by atoms with E-state index in [1.807, 2.05) is 32.0 Å². The van der Waals surface area contributed by atoms with E-state index in [4.69, 9.17) is 0 Å². The summed E-state index contributed by atoms with van der Waals surface area (Å²) < 4.78 is 13.6. The number of nitrogens with zero attached hydrogens (tertiary/aromatic N) is 2. The Labute approximate surface area is 144 Å². The topological polar surface area (TPSA) is 66.9 Å². The Kier molecular flexibility index (Phi) is 4.70. The van der Waals surface area contributed by atoms with Gasteiger partial charge < -0.3 is 10.6 Å². The van der Waals surface area contributed by atoms with Crippen LogP contribution >= 0.6 is 0 Å². The predicted molar refractivity (Wildman–Crippen MR) is 95.6 cm³/mol. The van der Waals surface area contributed by atoms with Crippen LogP contribution in [0.2, 0.25) is 0 Å². The standard InChI is InChI=1S/C19H17FN4O/c1-12-6-5-7-13(2)18(12)22-19(25)16-10-11-17(24-23-16)21-15-9-4-3-8-14(15)20/h3-11H,1-2H3,(H,21,24)(H,22,25). The van der Waals surface area contributed by atoms with Crippen molar-refractivity contribution in [1.82, 2.24) is 10.2 Å². The molecule has 2 N–H and O–H groups in total. The second-order valence-corrected chi connectivity index (χ2v) is 5.63. The van der Waals surface area contributed by atoms with Crippen molar-refractivity contribution < 1.29 is 9.18 Å². The molecule has 0 spiro atoms. The summed E-state index contributed by atoms with van der Waals surface area (Å²) in [4.78, 5) is 12.3. The van der Waals surface area contributed by atoms with Crippen LogP contribution in [0.3, 0.4) is 0 Å². The second kappa shape index (κ2) is 7.09. The number of aromatic nitrogens is 2. The zero-order valence-corrected chi connectivity index (χ0v) is 13.9. The van der Waals surface area contributed by atoms with Gasteiger partial charge in [0.25, 0.3) is 5.91 Å². The number of para-hydroxylation sites is 2. The number of nitrogens with one attached hydrogen (secondary N) is 2. The maximum Gasteiger partial charge on any atom is 0.276 e. The van der Waals surface area contributed by atoms with Crippen LogP contribution in [0.4, 0.5) is 21.6 Å². The van der Waals surface area contributed by atoms with Crippen molar-refractivity contribution in [1.29, 1.82) is 0 Å². The van der Waals surface area contributed by atoms with Crippen LogP contribution < -0.4 is 10.6 Å². The van der Waals surface area contributed by atoms with E-state index in [0.717, 1.165) is 16.8 Å². The van der Waals surface area contributed by atoms with Gasteiger partial charge in [-0.3, -0.25) is 4.79 Å². The number of halogens is 1. The Morgan fingerprint density at radius 3 is 2.28 bits per heavy atom. The lowest BCUT2D eigenvalue weighted by Gasteiger charge is -2.11. The fourth-order valence-corrected chi connectivity index (χ4v) is 2.41. The van der Waals surface area contributed by atoms with Crippen LogP contribution in [-0.2, 0) is 0 Å². The van der Waals surface area contributed by atoms with Crippen molar-refractivity contribution >= 4 is 23.1 Å². The Morgan fingerprint density at radius 1 is 0.920 bits per heavy atom. The van der Waals surface area contributed by atoms with Crippen molar-refractivity contribution in [3.05, 3.63) is 77.2 Å². The summed E-state index contributed by atoms with van der Waals surface area (Å²) in [5.41, 5.74) is 3.19. The molecule has 5 nitrogen and oxygen atoms in total. The fourth-order valence-electron chi connectivity index (χ4n) is 2.41. The Bertz CT molecular complexity index is 889. The van der Waals surface area contributed by atoms with E-state index in [1.54, 1.807) is 30.3 Å². The highest BCUT2D eigenvalue weighted by atomic mass is 19.1. The summed E-state index contributed by atoms with van der Waals surface area (Å²) in [7, 11) is 0. The molecule has 0 atom stereocenters. The van der Waals surface area contributed by atoms with Crippen molar-refractivity contribution in [2.75, 3.05) is 10.6 Å². The Morgan fingerprint density at radius 2 is 1.64 bits per heavy atom. The molecule has 0 radical (unpaired) electrons. The zero-order valence-electron chi connectivity index (χ0n) is 13.9. The van der Waals surface area contributed by atoms with Gasteiger partial charge >= 0.3 is 0 Å². The first-order valence-electron chi connectivity index (χ1n) is 7.77. The van der Waals surface area contributed by atoms with E-state index >= 15 is 0 Å². The molecule has 0 aliphatic carbocycles. The Hall–Kier alpha value is -3.28. The van der Waals surface area contributed by atoms with E-state index in [9.17, 15) is 9.18 Å². The van der Waals surface area contributed by atoms with Gasteiger partial charge in [-0.2, -0.15) is 0 Å². The van der Waals surface area contributed by atoms with Gasteiger partial charge in [0.05, 0.1) is 5.69 Å². The third-order valence-electron chi connectivity index (χ3n) is 3.75. The van der Waals surface area contributed by atoms with Gasteiger partial charge in [0.2, 0.25) is 0 Å². The van der Waals surface area contributed by atoms with Gasteiger partial charge in [0.1, 0.15) is 5.82 Å². The quantitative estimate of drug-likeness (QED) is 0.748. The average molecular weight is 336 g/mol. The van der Waals surface area contributed by atoms with Gasteiger partial charge in [0, 0.05) is 5.69 Å². The normalized spacial score (nSPS) is 10.4. The molecular weight excluding hydrogens is 319 g/mol. The molecule has 0 saturated heterocycles. The van der Waals surface area contributed by atoms with Crippen LogP contribution in [0.5, 0.6) is 0 Å². The van der Waals surface area contributed by atoms with Crippen LogP contribution in [-0.4, -0.2) is 16.1 Å². The number of amides is 1. The summed E-state index contributed by atoms with van der Waals surface area (Å²) in [6.07, 6.45) is 0. The van der Waals surface area contributed by atoms with E-state index in [2.05, 4.69) is 20.8 Å². The van der Waals surface area contributed by atoms with Crippen molar-refractivity contribution in [3.8, 4) is 0 Å². The number of benzene rings is 2. The summed E-state index contributed by atoms with van der Waals surface area (Å²) in [5, 5.41) is 13.5. The van der Waals surface area contributed by atoms with E-state index < -0.39 is 0 Å². The number of aryl methyl sites for hydroxylation is 2. The maximum atomic E-state index is 13.6. The second-order valence-electron chi connectivity index (χ2n) is 5.63. The molecule has 2 aromatic carbocycles. The molecule has 3 aromatic rings. The fraction of sp³-hybridized carbons (Fsp3) is 0.105. The maximum absolute atomic E-state index is 13.6. The minimum absolute atomic E-state index is 0.182. The average Bonchev–Trinajstić information content (AvgIpc) is 2.61. The molecule has 0 aliphatic rings. The predicted octanol–water partition coefficient (Wildman–Crippen LogP) is 4.23.